The van der Waals surface area contributed by atoms with Crippen LogP contribution in [0.3, 0.4) is 0 Å². The highest BCUT2D eigenvalue weighted by Gasteiger charge is 2.00. The number of allylic oxidation sites excluding steroid dienone is 1. The van der Waals surface area contributed by atoms with Gasteiger partial charge < -0.3 is 4.79 Å². The van der Waals surface area contributed by atoms with Gasteiger partial charge >= 0.3 is 0 Å². The number of rotatable bonds is 5. The molecule has 78 valence electrons. The lowest BCUT2D eigenvalue weighted by atomic mass is 10.0. The van der Waals surface area contributed by atoms with Crippen molar-refractivity contribution in [2.75, 3.05) is 0 Å². The second kappa shape index (κ2) is 5.91. The third kappa shape index (κ3) is 3.90. The van der Waals surface area contributed by atoms with E-state index in [1.54, 1.807) is 13.0 Å². The highest BCUT2D eigenvalue weighted by atomic mass is 16.1. The summed E-state index contributed by atoms with van der Waals surface area (Å²) in [5.74, 6) is 0.184. The lowest BCUT2D eigenvalue weighted by molar-refractivity contribution is -0.117. The number of aldehydes is 1. The Kier molecular flexibility index (Phi) is 4.48. The third-order valence-electron chi connectivity index (χ3n) is 2.16. The van der Waals surface area contributed by atoms with Crippen LogP contribution < -0.4 is 0 Å². The maximum atomic E-state index is 10.9. The smallest absolute Gasteiger partial charge is 0.142 e. The molecule has 1 rings (SSSR count). The van der Waals surface area contributed by atoms with Crippen molar-refractivity contribution in [2.24, 2.45) is 0 Å². The van der Waals surface area contributed by atoms with Gasteiger partial charge in [-0.25, -0.2) is 0 Å². The zero-order valence-corrected chi connectivity index (χ0v) is 8.77. The molecule has 0 amide bonds. The maximum Gasteiger partial charge on any atom is 0.142 e. The SMILES string of the molecule is CC(=O)CCc1ccccc1/C=C/C=O. The molecule has 0 spiro atoms. The van der Waals surface area contributed by atoms with Crippen LogP contribution in [0.15, 0.2) is 30.3 Å². The quantitative estimate of drug-likeness (QED) is 0.542. The number of hydrogen-bond donors (Lipinski definition) is 0. The molecule has 0 unspecified atom stereocenters. The molecule has 0 heterocycles. The summed E-state index contributed by atoms with van der Waals surface area (Å²) in [6, 6.07) is 7.78. The first kappa shape index (κ1) is 11.4. The fraction of sp³-hybridized carbons (Fsp3) is 0.231. The normalized spacial score (nSPS) is 10.5. The van der Waals surface area contributed by atoms with E-state index in [2.05, 4.69) is 0 Å². The predicted molar refractivity (Wildman–Crippen MR) is 60.5 cm³/mol. The average molecular weight is 202 g/mol. The second-order valence-corrected chi connectivity index (χ2v) is 3.40. The van der Waals surface area contributed by atoms with E-state index in [0.717, 1.165) is 23.8 Å². The minimum atomic E-state index is 0.184. The maximum absolute atomic E-state index is 10.9. The van der Waals surface area contributed by atoms with E-state index in [-0.39, 0.29) is 5.78 Å². The molecule has 0 bridgehead atoms. The van der Waals surface area contributed by atoms with Gasteiger partial charge in [0.2, 0.25) is 0 Å². The van der Waals surface area contributed by atoms with Gasteiger partial charge in [0.25, 0.3) is 0 Å². The average Bonchev–Trinajstić information content (AvgIpc) is 2.24. The molecule has 0 N–H and O–H groups in total. The highest BCUT2D eigenvalue weighted by Crippen LogP contribution is 2.12. The fourth-order valence-corrected chi connectivity index (χ4v) is 1.38. The molecule has 15 heavy (non-hydrogen) atoms. The number of carbonyl (C=O) groups is 2. The standard InChI is InChI=1S/C13H14O2/c1-11(15)8-9-13-6-3-2-5-12(13)7-4-10-14/h2-7,10H,8-9H2,1H3/b7-4+. The predicted octanol–water partition coefficient (Wildman–Crippen LogP) is 2.42. The van der Waals surface area contributed by atoms with E-state index in [4.69, 9.17) is 0 Å². The van der Waals surface area contributed by atoms with E-state index >= 15 is 0 Å². The van der Waals surface area contributed by atoms with E-state index in [1.807, 2.05) is 24.3 Å². The van der Waals surface area contributed by atoms with E-state index in [9.17, 15) is 9.59 Å². The van der Waals surface area contributed by atoms with Gasteiger partial charge in [-0.15, -0.1) is 0 Å². The zero-order chi connectivity index (χ0) is 11.1. The van der Waals surface area contributed by atoms with Crippen LogP contribution in [0.1, 0.15) is 24.5 Å². The highest BCUT2D eigenvalue weighted by molar-refractivity contribution is 5.77. The molecular formula is C13H14O2. The molecule has 0 aromatic heterocycles. The summed E-state index contributed by atoms with van der Waals surface area (Å²) in [6.07, 6.45) is 5.26. The number of aryl methyl sites for hydroxylation is 1. The Morgan fingerprint density at radius 3 is 2.73 bits per heavy atom. The lowest BCUT2D eigenvalue weighted by Crippen LogP contribution is -1.95. The fourth-order valence-electron chi connectivity index (χ4n) is 1.38. The van der Waals surface area contributed by atoms with Crippen molar-refractivity contribution in [3.8, 4) is 0 Å². The third-order valence-corrected chi connectivity index (χ3v) is 2.16. The van der Waals surface area contributed by atoms with Crippen molar-refractivity contribution in [3.63, 3.8) is 0 Å². The molecule has 1 aromatic rings. The summed E-state index contributed by atoms with van der Waals surface area (Å²) in [5, 5.41) is 0. The van der Waals surface area contributed by atoms with Gasteiger partial charge in [-0.05, 0) is 30.5 Å². The summed E-state index contributed by atoms with van der Waals surface area (Å²) < 4.78 is 0. The van der Waals surface area contributed by atoms with Crippen LogP contribution in [-0.2, 0) is 16.0 Å². The summed E-state index contributed by atoms with van der Waals surface area (Å²) >= 11 is 0. The van der Waals surface area contributed by atoms with Crippen molar-refractivity contribution in [3.05, 3.63) is 41.5 Å². The topological polar surface area (TPSA) is 34.1 Å². The van der Waals surface area contributed by atoms with E-state index < -0.39 is 0 Å². The van der Waals surface area contributed by atoms with Crippen molar-refractivity contribution in [1.29, 1.82) is 0 Å². The summed E-state index contributed by atoms with van der Waals surface area (Å²) in [4.78, 5) is 21.1. The van der Waals surface area contributed by atoms with Gasteiger partial charge in [0.1, 0.15) is 12.1 Å². The Morgan fingerprint density at radius 1 is 1.33 bits per heavy atom. The Hall–Kier alpha value is -1.70. The van der Waals surface area contributed by atoms with Gasteiger partial charge in [0.05, 0.1) is 0 Å². The molecule has 1 aromatic carbocycles. The molecule has 0 atom stereocenters. The molecule has 0 saturated heterocycles. The number of hydrogen-bond acceptors (Lipinski definition) is 2. The van der Waals surface area contributed by atoms with Gasteiger partial charge in [-0.3, -0.25) is 4.79 Å². The number of ketones is 1. The van der Waals surface area contributed by atoms with E-state index in [1.165, 1.54) is 6.08 Å². The summed E-state index contributed by atoms with van der Waals surface area (Å²) in [5.41, 5.74) is 2.11. The van der Waals surface area contributed by atoms with Crippen LogP contribution in [0.5, 0.6) is 0 Å². The van der Waals surface area contributed by atoms with Crippen LogP contribution in [0, 0.1) is 0 Å². The molecule has 0 radical (unpaired) electrons. The van der Waals surface area contributed by atoms with Crippen LogP contribution >= 0.6 is 0 Å². The van der Waals surface area contributed by atoms with Crippen LogP contribution in [0.2, 0.25) is 0 Å². The molecule has 2 heteroatoms. The summed E-state index contributed by atoms with van der Waals surface area (Å²) in [6.45, 7) is 1.59. The number of benzene rings is 1. The van der Waals surface area contributed by atoms with Gasteiger partial charge in [0.15, 0.2) is 0 Å². The van der Waals surface area contributed by atoms with Gasteiger partial charge in [-0.2, -0.15) is 0 Å². The van der Waals surface area contributed by atoms with Crippen molar-refractivity contribution >= 4 is 18.1 Å². The first-order chi connectivity index (χ1) is 7.24. The minimum Gasteiger partial charge on any atom is -0.300 e. The van der Waals surface area contributed by atoms with Crippen molar-refractivity contribution in [2.45, 2.75) is 19.8 Å². The first-order valence-electron chi connectivity index (χ1n) is 4.93. The first-order valence-corrected chi connectivity index (χ1v) is 4.93. The number of carbonyl (C=O) groups excluding carboxylic acids is 2. The molecule has 0 aliphatic carbocycles. The van der Waals surface area contributed by atoms with Crippen molar-refractivity contribution in [1.82, 2.24) is 0 Å². The Bertz CT molecular complexity index is 378. The Morgan fingerprint density at radius 2 is 2.07 bits per heavy atom. The Balaban J connectivity index is 2.81. The van der Waals surface area contributed by atoms with Crippen LogP contribution in [-0.4, -0.2) is 12.1 Å². The zero-order valence-electron chi connectivity index (χ0n) is 8.77. The second-order valence-electron chi connectivity index (χ2n) is 3.40. The molecule has 0 aliphatic rings. The van der Waals surface area contributed by atoms with E-state index in [0.29, 0.717) is 6.42 Å². The van der Waals surface area contributed by atoms with Gasteiger partial charge in [0, 0.05) is 6.42 Å². The Labute approximate surface area is 89.6 Å². The number of Topliss-reactive ketones (excluding diaryl/α,β-unsaturated/α-hetero) is 1. The van der Waals surface area contributed by atoms with Crippen LogP contribution in [0.25, 0.3) is 6.08 Å². The molecule has 0 saturated carbocycles. The largest absolute Gasteiger partial charge is 0.300 e. The lowest BCUT2D eigenvalue weighted by Gasteiger charge is -2.03. The van der Waals surface area contributed by atoms with Crippen molar-refractivity contribution < 1.29 is 9.59 Å². The molecule has 2 nitrogen and oxygen atoms in total. The molecular weight excluding hydrogens is 188 g/mol. The molecule has 0 aliphatic heterocycles. The molecule has 0 fully saturated rings. The van der Waals surface area contributed by atoms with Crippen LogP contribution in [0.4, 0.5) is 0 Å². The minimum absolute atomic E-state index is 0.184. The monoisotopic (exact) mass is 202 g/mol. The summed E-state index contributed by atoms with van der Waals surface area (Å²) in [7, 11) is 0. The van der Waals surface area contributed by atoms with Gasteiger partial charge in [-0.1, -0.05) is 30.3 Å².